The lowest BCUT2D eigenvalue weighted by Crippen LogP contribution is -2.07. The van der Waals surface area contributed by atoms with Crippen LogP contribution in [0.4, 0.5) is 4.39 Å². The Morgan fingerprint density at radius 3 is 2.42 bits per heavy atom. The molecule has 1 rings (SSSR count). The van der Waals surface area contributed by atoms with E-state index in [1.807, 2.05) is 6.92 Å². The molecule has 0 N–H and O–H groups in total. The molecule has 0 aliphatic heterocycles. The summed E-state index contributed by atoms with van der Waals surface area (Å²) in [6.07, 6.45) is 1.53. The number of carbonyl (C=O) groups is 1. The van der Waals surface area contributed by atoms with Crippen molar-refractivity contribution in [3.8, 4) is 11.5 Å². The number of ketones is 1. The summed E-state index contributed by atoms with van der Waals surface area (Å²) in [6.45, 7) is 1.94. The third-order valence-corrected chi connectivity index (χ3v) is 3.43. The molecule has 19 heavy (non-hydrogen) atoms. The summed E-state index contributed by atoms with van der Waals surface area (Å²) < 4.78 is 23.8. The zero-order valence-electron chi connectivity index (χ0n) is 11.3. The van der Waals surface area contributed by atoms with Gasteiger partial charge in [0.25, 0.3) is 0 Å². The van der Waals surface area contributed by atoms with Crippen molar-refractivity contribution >= 4 is 17.4 Å². The molecule has 0 aromatic heterocycles. The van der Waals surface area contributed by atoms with Gasteiger partial charge in [0.05, 0.1) is 19.8 Å². The lowest BCUT2D eigenvalue weighted by atomic mass is 10.0. The quantitative estimate of drug-likeness (QED) is 0.565. The highest BCUT2D eigenvalue weighted by molar-refractivity contribution is 6.20. The molecule has 0 spiro atoms. The first-order valence-corrected chi connectivity index (χ1v) is 6.55. The fourth-order valence-electron chi connectivity index (χ4n) is 1.69. The van der Waals surface area contributed by atoms with Gasteiger partial charge >= 0.3 is 0 Å². The largest absolute Gasteiger partial charge is 0.493 e. The second kappa shape index (κ2) is 7.34. The maximum absolute atomic E-state index is 13.8. The molecule has 0 saturated heterocycles. The number of Topliss-reactive ketones (excluding diaryl/α,β-unsaturated/α-hetero) is 1. The summed E-state index contributed by atoms with van der Waals surface area (Å²) >= 11 is 5.95. The lowest BCUT2D eigenvalue weighted by molar-refractivity contribution is 0.0975. The average molecular weight is 289 g/mol. The normalized spacial score (nSPS) is 12.1. The molecule has 3 nitrogen and oxygen atoms in total. The van der Waals surface area contributed by atoms with E-state index in [0.29, 0.717) is 12.2 Å². The summed E-state index contributed by atoms with van der Waals surface area (Å²) in [5.74, 6) is -0.284. The third kappa shape index (κ3) is 4.10. The zero-order valence-corrected chi connectivity index (χ0v) is 12.1. The minimum atomic E-state index is -0.606. The van der Waals surface area contributed by atoms with Crippen molar-refractivity contribution in [2.45, 2.75) is 31.6 Å². The van der Waals surface area contributed by atoms with Crippen LogP contribution in [0.5, 0.6) is 11.5 Å². The molecule has 0 fully saturated rings. The van der Waals surface area contributed by atoms with Crippen LogP contribution in [-0.4, -0.2) is 25.4 Å². The molecule has 106 valence electrons. The maximum Gasteiger partial charge on any atom is 0.166 e. The van der Waals surface area contributed by atoms with E-state index in [0.717, 1.165) is 12.5 Å². The molecule has 0 amide bonds. The van der Waals surface area contributed by atoms with Gasteiger partial charge in [-0.2, -0.15) is 0 Å². The minimum Gasteiger partial charge on any atom is -0.493 e. The first-order valence-electron chi connectivity index (χ1n) is 6.12. The number of carbonyl (C=O) groups excluding carboxylic acids is 1. The Kier molecular flexibility index (Phi) is 6.09. The Balaban J connectivity index is 2.90. The Morgan fingerprint density at radius 1 is 1.32 bits per heavy atom. The molecule has 0 aliphatic rings. The standard InChI is InChI=1S/C14H18ClFO3/c1-4-9(15)5-6-12(17)10-7-13(18-2)14(19-3)8-11(10)16/h7-9H,4-6H2,1-3H3. The fraction of sp³-hybridized carbons (Fsp3) is 0.500. The predicted molar refractivity (Wildman–Crippen MR) is 73.0 cm³/mol. The lowest BCUT2D eigenvalue weighted by Gasteiger charge is -2.11. The summed E-state index contributed by atoms with van der Waals surface area (Å²) in [6, 6.07) is 2.52. The highest BCUT2D eigenvalue weighted by Gasteiger charge is 2.17. The van der Waals surface area contributed by atoms with Gasteiger partial charge in [0, 0.05) is 17.9 Å². The molecule has 0 saturated carbocycles. The topological polar surface area (TPSA) is 35.5 Å². The van der Waals surface area contributed by atoms with Gasteiger partial charge in [-0.1, -0.05) is 6.92 Å². The highest BCUT2D eigenvalue weighted by atomic mass is 35.5. The van der Waals surface area contributed by atoms with Gasteiger partial charge in [0.2, 0.25) is 0 Å². The third-order valence-electron chi connectivity index (χ3n) is 2.90. The number of hydrogen-bond donors (Lipinski definition) is 0. The first-order chi connectivity index (χ1) is 9.03. The summed E-state index contributed by atoms with van der Waals surface area (Å²) in [5, 5.41) is -0.0628. The number of benzene rings is 1. The maximum atomic E-state index is 13.8. The van der Waals surface area contributed by atoms with Crippen molar-refractivity contribution in [1.29, 1.82) is 0 Å². The van der Waals surface area contributed by atoms with Crippen molar-refractivity contribution in [2.75, 3.05) is 14.2 Å². The summed E-state index contributed by atoms with van der Waals surface area (Å²) in [7, 11) is 2.86. The number of methoxy groups -OCH3 is 2. The van der Waals surface area contributed by atoms with Gasteiger partial charge in [-0.05, 0) is 18.9 Å². The van der Waals surface area contributed by atoms with Gasteiger partial charge in [0.1, 0.15) is 5.82 Å². The van der Waals surface area contributed by atoms with Crippen LogP contribution in [0.25, 0.3) is 0 Å². The van der Waals surface area contributed by atoms with Gasteiger partial charge in [-0.3, -0.25) is 4.79 Å². The van der Waals surface area contributed by atoms with Gasteiger partial charge in [-0.25, -0.2) is 4.39 Å². The van der Waals surface area contributed by atoms with E-state index in [1.54, 1.807) is 0 Å². The molecular formula is C14H18ClFO3. The molecule has 0 bridgehead atoms. The Labute approximate surface area is 117 Å². The van der Waals surface area contributed by atoms with Crippen LogP contribution in [0.2, 0.25) is 0 Å². The number of ether oxygens (including phenoxy) is 2. The van der Waals surface area contributed by atoms with Crippen molar-refractivity contribution in [2.24, 2.45) is 0 Å². The van der Waals surface area contributed by atoms with Gasteiger partial charge < -0.3 is 9.47 Å². The van der Waals surface area contributed by atoms with E-state index in [-0.39, 0.29) is 28.9 Å². The highest BCUT2D eigenvalue weighted by Crippen LogP contribution is 2.30. The summed E-state index contributed by atoms with van der Waals surface area (Å²) in [5.41, 5.74) is 0.0117. The fourth-order valence-corrected chi connectivity index (χ4v) is 1.80. The van der Waals surface area contributed by atoms with E-state index in [2.05, 4.69) is 0 Å². The van der Waals surface area contributed by atoms with Crippen molar-refractivity contribution in [1.82, 2.24) is 0 Å². The summed E-state index contributed by atoms with van der Waals surface area (Å²) in [4.78, 5) is 12.0. The van der Waals surface area contributed by atoms with Gasteiger partial charge in [0.15, 0.2) is 17.3 Å². The molecular weight excluding hydrogens is 271 g/mol. The van der Waals surface area contributed by atoms with E-state index < -0.39 is 5.82 Å². The molecule has 1 unspecified atom stereocenters. The van der Waals surface area contributed by atoms with Crippen LogP contribution < -0.4 is 9.47 Å². The molecule has 0 heterocycles. The second-order valence-electron chi connectivity index (χ2n) is 4.15. The number of halogens is 2. The molecule has 1 atom stereocenters. The Morgan fingerprint density at radius 2 is 1.89 bits per heavy atom. The van der Waals surface area contributed by atoms with Crippen LogP contribution in [0.1, 0.15) is 36.5 Å². The second-order valence-corrected chi connectivity index (χ2v) is 4.77. The molecule has 5 heteroatoms. The Hall–Kier alpha value is -1.29. The number of alkyl halides is 1. The number of hydrogen-bond acceptors (Lipinski definition) is 3. The van der Waals surface area contributed by atoms with E-state index in [4.69, 9.17) is 21.1 Å². The smallest absolute Gasteiger partial charge is 0.166 e. The first kappa shape index (κ1) is 15.8. The minimum absolute atomic E-state index is 0.0117. The van der Waals surface area contributed by atoms with E-state index in [9.17, 15) is 9.18 Å². The van der Waals surface area contributed by atoms with Crippen LogP contribution in [0.3, 0.4) is 0 Å². The van der Waals surface area contributed by atoms with Crippen LogP contribution in [0.15, 0.2) is 12.1 Å². The average Bonchev–Trinajstić information content (AvgIpc) is 2.43. The molecule has 1 aromatic carbocycles. The van der Waals surface area contributed by atoms with Crippen LogP contribution >= 0.6 is 11.6 Å². The zero-order chi connectivity index (χ0) is 14.4. The molecule has 0 radical (unpaired) electrons. The van der Waals surface area contributed by atoms with Crippen molar-refractivity contribution in [3.63, 3.8) is 0 Å². The predicted octanol–water partition coefficient (Wildman–Crippen LogP) is 3.82. The molecule has 1 aromatic rings. The number of rotatable bonds is 7. The van der Waals surface area contributed by atoms with Crippen LogP contribution in [0, 0.1) is 5.82 Å². The Bertz CT molecular complexity index is 449. The SMILES string of the molecule is CCC(Cl)CCC(=O)c1cc(OC)c(OC)cc1F. The van der Waals surface area contributed by atoms with Gasteiger partial charge in [-0.15, -0.1) is 11.6 Å². The van der Waals surface area contributed by atoms with E-state index >= 15 is 0 Å². The monoisotopic (exact) mass is 288 g/mol. The molecule has 0 aliphatic carbocycles. The van der Waals surface area contributed by atoms with Crippen molar-refractivity contribution < 1.29 is 18.7 Å². The van der Waals surface area contributed by atoms with Crippen molar-refractivity contribution in [3.05, 3.63) is 23.5 Å². The van der Waals surface area contributed by atoms with E-state index in [1.165, 1.54) is 20.3 Å². The van der Waals surface area contributed by atoms with Crippen LogP contribution in [-0.2, 0) is 0 Å².